The van der Waals surface area contributed by atoms with Gasteiger partial charge in [0.2, 0.25) is 5.75 Å². The summed E-state index contributed by atoms with van der Waals surface area (Å²) in [5.74, 6) is -1.72. The molecule has 0 spiro atoms. The van der Waals surface area contributed by atoms with E-state index < -0.39 is 37.5 Å². The van der Waals surface area contributed by atoms with E-state index in [0.29, 0.717) is 0 Å². The molecule has 33 heavy (non-hydrogen) atoms. The molecule has 3 aromatic carbocycles. The van der Waals surface area contributed by atoms with E-state index >= 15 is 0 Å². The normalized spacial score (nSPS) is 11.6. The second kappa shape index (κ2) is 9.24. The summed E-state index contributed by atoms with van der Waals surface area (Å²) in [5, 5.41) is 0. The van der Waals surface area contributed by atoms with Crippen molar-refractivity contribution in [2.75, 3.05) is 7.11 Å². The molecule has 0 fully saturated rings. The number of carbonyl (C=O) groups excluding carboxylic acids is 1. The minimum atomic E-state index is -4.42. The zero-order valence-corrected chi connectivity index (χ0v) is 20.0. The second-order valence-corrected chi connectivity index (χ2v) is 10.3. The quantitative estimate of drug-likeness (QED) is 0.343. The minimum absolute atomic E-state index is 0.00769. The third kappa shape index (κ3) is 5.35. The Morgan fingerprint density at radius 1 is 0.667 bits per heavy atom. The van der Waals surface area contributed by atoms with Gasteiger partial charge in [-0.25, -0.2) is 0 Å². The fraction of sp³-hybridized carbons (Fsp3) is 0.174. The van der Waals surface area contributed by atoms with E-state index in [4.69, 9.17) is 13.1 Å². The van der Waals surface area contributed by atoms with Gasteiger partial charge in [-0.05, 0) is 57.2 Å². The van der Waals surface area contributed by atoms with Crippen LogP contribution in [0.2, 0.25) is 0 Å². The SMILES string of the molecule is COc1c(C(C)=O)ccc(OS(=O)(=O)c2ccc(C)cc2)c1OS(=O)(=O)c1ccc(C)cc1. The predicted molar refractivity (Wildman–Crippen MR) is 121 cm³/mol. The molecule has 174 valence electrons. The lowest BCUT2D eigenvalue weighted by Gasteiger charge is -2.17. The lowest BCUT2D eigenvalue weighted by molar-refractivity contribution is 0.101. The van der Waals surface area contributed by atoms with Crippen LogP contribution in [0.5, 0.6) is 17.2 Å². The Bertz CT molecular complexity index is 1390. The zero-order valence-electron chi connectivity index (χ0n) is 18.4. The van der Waals surface area contributed by atoms with Crippen molar-refractivity contribution in [3.63, 3.8) is 0 Å². The summed E-state index contributed by atoms with van der Waals surface area (Å²) in [7, 11) is -7.57. The van der Waals surface area contributed by atoms with Crippen LogP contribution in [0.1, 0.15) is 28.4 Å². The van der Waals surface area contributed by atoms with Crippen LogP contribution in [-0.4, -0.2) is 29.7 Å². The molecule has 0 aliphatic heterocycles. The highest BCUT2D eigenvalue weighted by Gasteiger charge is 2.29. The number of hydrogen-bond acceptors (Lipinski definition) is 8. The Balaban J connectivity index is 2.14. The smallest absolute Gasteiger partial charge is 0.339 e. The highest BCUT2D eigenvalue weighted by Crippen LogP contribution is 2.43. The van der Waals surface area contributed by atoms with Crippen molar-refractivity contribution in [1.29, 1.82) is 0 Å². The van der Waals surface area contributed by atoms with Crippen molar-refractivity contribution in [2.45, 2.75) is 30.6 Å². The van der Waals surface area contributed by atoms with Gasteiger partial charge in [0.05, 0.1) is 12.7 Å². The number of benzene rings is 3. The highest BCUT2D eigenvalue weighted by atomic mass is 32.2. The van der Waals surface area contributed by atoms with Crippen LogP contribution in [0.3, 0.4) is 0 Å². The van der Waals surface area contributed by atoms with Crippen LogP contribution in [-0.2, 0) is 20.2 Å². The van der Waals surface area contributed by atoms with Crippen molar-refractivity contribution in [3.05, 3.63) is 77.4 Å². The van der Waals surface area contributed by atoms with Crippen molar-refractivity contribution < 1.29 is 34.7 Å². The molecule has 10 heteroatoms. The van der Waals surface area contributed by atoms with Crippen LogP contribution < -0.4 is 13.1 Å². The first-order valence-electron chi connectivity index (χ1n) is 9.69. The van der Waals surface area contributed by atoms with Gasteiger partial charge in [-0.2, -0.15) is 16.8 Å². The van der Waals surface area contributed by atoms with Gasteiger partial charge >= 0.3 is 20.2 Å². The third-order valence-corrected chi connectivity index (χ3v) is 7.16. The summed E-state index contributed by atoms with van der Waals surface area (Å²) in [6, 6.07) is 14.2. The van der Waals surface area contributed by atoms with Gasteiger partial charge in [0.1, 0.15) is 9.79 Å². The van der Waals surface area contributed by atoms with Crippen LogP contribution >= 0.6 is 0 Å². The largest absolute Gasteiger partial charge is 0.492 e. The van der Waals surface area contributed by atoms with E-state index in [1.165, 1.54) is 44.4 Å². The van der Waals surface area contributed by atoms with Gasteiger partial charge < -0.3 is 13.1 Å². The van der Waals surface area contributed by atoms with Crippen LogP contribution in [0.25, 0.3) is 0 Å². The van der Waals surface area contributed by atoms with Gasteiger partial charge in [-0.15, -0.1) is 0 Å². The molecule has 0 saturated carbocycles. The molecule has 0 aliphatic carbocycles. The first-order valence-corrected chi connectivity index (χ1v) is 12.5. The van der Waals surface area contributed by atoms with Gasteiger partial charge in [0.15, 0.2) is 17.3 Å². The lowest BCUT2D eigenvalue weighted by Crippen LogP contribution is -2.15. The Hall–Kier alpha value is -3.37. The van der Waals surface area contributed by atoms with Gasteiger partial charge in [0, 0.05) is 0 Å². The van der Waals surface area contributed by atoms with Gasteiger partial charge in [0.25, 0.3) is 0 Å². The lowest BCUT2D eigenvalue weighted by atomic mass is 10.1. The number of Topliss-reactive ketones (excluding diaryl/α,β-unsaturated/α-hetero) is 1. The fourth-order valence-electron chi connectivity index (χ4n) is 2.90. The Morgan fingerprint density at radius 3 is 1.55 bits per heavy atom. The maximum Gasteiger partial charge on any atom is 0.339 e. The van der Waals surface area contributed by atoms with Crippen molar-refractivity contribution >= 4 is 26.0 Å². The Morgan fingerprint density at radius 2 is 1.12 bits per heavy atom. The number of rotatable bonds is 8. The Kier molecular flexibility index (Phi) is 6.80. The summed E-state index contributed by atoms with van der Waals surface area (Å²) < 4.78 is 67.2. The van der Waals surface area contributed by atoms with E-state index in [1.807, 2.05) is 0 Å². The van der Waals surface area contributed by atoms with E-state index in [1.54, 1.807) is 38.1 Å². The summed E-state index contributed by atoms with van der Waals surface area (Å²) in [5.41, 5.74) is 1.67. The Labute approximate surface area is 193 Å². The highest BCUT2D eigenvalue weighted by molar-refractivity contribution is 7.87. The predicted octanol–water partition coefficient (Wildman–Crippen LogP) is 4.05. The van der Waals surface area contributed by atoms with Crippen LogP contribution in [0, 0.1) is 13.8 Å². The first kappa shape index (κ1) is 24.3. The van der Waals surface area contributed by atoms with E-state index in [0.717, 1.165) is 17.2 Å². The number of ether oxygens (including phenoxy) is 1. The molecule has 0 heterocycles. The standard InChI is InChI=1S/C23H22O8S2/c1-15-5-9-18(10-6-15)32(25,26)30-21-14-13-20(17(3)24)22(29-4)23(21)31-33(27,28)19-11-7-16(2)8-12-19/h5-14H,1-4H3. The molecule has 0 saturated heterocycles. The minimum Gasteiger partial charge on any atom is -0.492 e. The fourth-order valence-corrected chi connectivity index (χ4v) is 4.78. The number of hydrogen-bond donors (Lipinski definition) is 0. The number of methoxy groups -OCH3 is 1. The van der Waals surface area contributed by atoms with Crippen molar-refractivity contribution in [3.8, 4) is 17.2 Å². The van der Waals surface area contributed by atoms with Crippen LogP contribution in [0.15, 0.2) is 70.5 Å². The maximum absolute atomic E-state index is 12.9. The van der Waals surface area contributed by atoms with Gasteiger partial charge in [-0.1, -0.05) is 35.4 Å². The zero-order chi connectivity index (χ0) is 24.4. The van der Waals surface area contributed by atoms with Gasteiger partial charge in [-0.3, -0.25) is 4.79 Å². The average Bonchev–Trinajstić information content (AvgIpc) is 2.74. The first-order chi connectivity index (χ1) is 15.4. The number of carbonyl (C=O) groups is 1. The van der Waals surface area contributed by atoms with E-state index in [-0.39, 0.29) is 21.1 Å². The third-order valence-electron chi connectivity index (χ3n) is 4.67. The molecular formula is C23H22O8S2. The molecule has 3 rings (SSSR count). The number of aryl methyl sites for hydroxylation is 2. The molecular weight excluding hydrogens is 468 g/mol. The molecule has 0 unspecified atom stereocenters. The van der Waals surface area contributed by atoms with E-state index in [9.17, 15) is 21.6 Å². The summed E-state index contributed by atoms with van der Waals surface area (Å²) >= 11 is 0. The topological polar surface area (TPSA) is 113 Å². The molecule has 0 N–H and O–H groups in total. The number of ketones is 1. The summed E-state index contributed by atoms with van der Waals surface area (Å²) in [6.45, 7) is 4.84. The van der Waals surface area contributed by atoms with Crippen molar-refractivity contribution in [2.24, 2.45) is 0 Å². The molecule has 0 amide bonds. The van der Waals surface area contributed by atoms with Crippen molar-refractivity contribution in [1.82, 2.24) is 0 Å². The maximum atomic E-state index is 12.9. The molecule has 0 radical (unpaired) electrons. The summed E-state index contributed by atoms with van der Waals surface area (Å²) in [4.78, 5) is 11.7. The molecule has 0 aromatic heterocycles. The molecule has 3 aromatic rings. The average molecular weight is 491 g/mol. The summed E-state index contributed by atoms with van der Waals surface area (Å²) in [6.07, 6.45) is 0. The van der Waals surface area contributed by atoms with E-state index in [2.05, 4.69) is 0 Å². The molecule has 0 atom stereocenters. The molecule has 8 nitrogen and oxygen atoms in total. The second-order valence-electron chi connectivity index (χ2n) is 7.23. The molecule has 0 aliphatic rings. The molecule has 0 bridgehead atoms. The van der Waals surface area contributed by atoms with Crippen LogP contribution in [0.4, 0.5) is 0 Å². The monoisotopic (exact) mass is 490 g/mol.